The van der Waals surface area contributed by atoms with E-state index in [0.29, 0.717) is 18.5 Å². The minimum atomic E-state index is -3.11. The van der Waals surface area contributed by atoms with Crippen LogP contribution in [0.25, 0.3) is 16.5 Å². The van der Waals surface area contributed by atoms with Crippen molar-refractivity contribution in [1.29, 1.82) is 0 Å². The van der Waals surface area contributed by atoms with E-state index in [9.17, 15) is 9.59 Å². The Kier molecular flexibility index (Phi) is 6.63. The van der Waals surface area contributed by atoms with Crippen molar-refractivity contribution >= 4 is 38.8 Å². The number of anilines is 1. The van der Waals surface area contributed by atoms with Crippen LogP contribution >= 0.6 is 0 Å². The van der Waals surface area contributed by atoms with Gasteiger partial charge in [-0.25, -0.2) is 4.79 Å². The number of rotatable bonds is 4. The van der Waals surface area contributed by atoms with Gasteiger partial charge in [-0.05, 0) is 51.3 Å². The highest BCUT2D eigenvalue weighted by Crippen LogP contribution is 2.41. The molecule has 2 heterocycles. The zero-order chi connectivity index (χ0) is 21.9. The molecule has 0 fully saturated rings. The summed E-state index contributed by atoms with van der Waals surface area (Å²) in [6.45, 7) is 8.82. The molecule has 1 aliphatic heterocycles. The molecule has 2 aromatic rings. The van der Waals surface area contributed by atoms with Crippen molar-refractivity contribution in [1.82, 2.24) is 0 Å². The van der Waals surface area contributed by atoms with E-state index >= 15 is 0 Å². The molecule has 0 spiro atoms. The Morgan fingerprint density at radius 2 is 1.79 bits per heavy atom. The molecule has 156 valence electrons. The highest BCUT2D eigenvalue weighted by Gasteiger charge is 2.31. The number of carboxylic acids is 1. The third-order valence-corrected chi connectivity index (χ3v) is 4.82. The minimum absolute atomic E-state index is 0.131. The fraction of sp³-hybridized carbons (Fsp3) is 0.400. The molecule has 29 heavy (non-hydrogen) atoms. The van der Waals surface area contributed by atoms with E-state index in [4.69, 9.17) is 22.2 Å². The highest BCUT2D eigenvalue weighted by atomic mass is 32.2. The van der Waals surface area contributed by atoms with Crippen LogP contribution in [0.1, 0.15) is 44.7 Å². The van der Waals surface area contributed by atoms with E-state index < -0.39 is 16.6 Å². The Balaban J connectivity index is 0.000000687. The number of allylic oxidation sites excluding steroid dienone is 1. The summed E-state index contributed by atoms with van der Waals surface area (Å²) in [5, 5.41) is 9.86. The van der Waals surface area contributed by atoms with Crippen molar-refractivity contribution in [3.05, 3.63) is 45.8 Å². The van der Waals surface area contributed by atoms with Crippen LogP contribution in [-0.4, -0.2) is 35.8 Å². The standard InChI is InChI=1S/C20H23NO4.O3S/c1-12-8-19(24)25-17-10-16-14(9-15(12)17)13(2)11-20(3,4)21(16)7-5-6-18(22)23;1-4(2)3/h8-11H,5-7H2,1-4H3,(H,22,23);. The Bertz CT molecular complexity index is 1140. The van der Waals surface area contributed by atoms with Crippen LogP contribution < -0.4 is 10.5 Å². The lowest BCUT2D eigenvalue weighted by Gasteiger charge is -2.43. The lowest BCUT2D eigenvalue weighted by Crippen LogP contribution is -2.45. The second kappa shape index (κ2) is 8.60. The van der Waals surface area contributed by atoms with Crippen molar-refractivity contribution in [3.63, 3.8) is 0 Å². The maximum absolute atomic E-state index is 11.7. The molecule has 3 rings (SSSR count). The number of hydrogen-bond donors (Lipinski definition) is 1. The lowest BCUT2D eigenvalue weighted by molar-refractivity contribution is -0.137. The maximum atomic E-state index is 11.7. The number of benzene rings is 1. The second-order valence-electron chi connectivity index (χ2n) is 7.45. The summed E-state index contributed by atoms with van der Waals surface area (Å²) < 4.78 is 30.7. The van der Waals surface area contributed by atoms with Crippen LogP contribution in [0.2, 0.25) is 0 Å². The third-order valence-electron chi connectivity index (χ3n) is 4.82. The molecule has 1 aromatic carbocycles. The second-order valence-corrected chi connectivity index (χ2v) is 7.86. The summed E-state index contributed by atoms with van der Waals surface area (Å²) in [5.74, 6) is -0.790. The molecule has 0 saturated heterocycles. The van der Waals surface area contributed by atoms with Gasteiger partial charge in [0.05, 0.1) is 5.54 Å². The molecule has 1 aromatic heterocycles. The minimum Gasteiger partial charge on any atom is -0.481 e. The van der Waals surface area contributed by atoms with Gasteiger partial charge in [0.25, 0.3) is 0 Å². The van der Waals surface area contributed by atoms with Crippen LogP contribution in [0.4, 0.5) is 5.69 Å². The number of aryl methyl sites for hydroxylation is 1. The van der Waals surface area contributed by atoms with Gasteiger partial charge in [-0.3, -0.25) is 4.79 Å². The van der Waals surface area contributed by atoms with E-state index in [1.54, 1.807) is 0 Å². The molecule has 0 amide bonds. The molecule has 1 aliphatic rings. The van der Waals surface area contributed by atoms with Gasteiger partial charge in [-0.15, -0.1) is 12.6 Å². The molecule has 1 N–H and O–H groups in total. The van der Waals surface area contributed by atoms with E-state index in [-0.39, 0.29) is 17.6 Å². The van der Waals surface area contributed by atoms with Crippen molar-refractivity contribution in [2.75, 3.05) is 11.4 Å². The Labute approximate surface area is 169 Å². The zero-order valence-corrected chi connectivity index (χ0v) is 17.5. The number of nitrogens with zero attached hydrogens (tertiary/aromatic N) is 1. The normalized spacial score (nSPS) is 14.5. The van der Waals surface area contributed by atoms with E-state index in [1.807, 2.05) is 13.0 Å². The average Bonchev–Trinajstić information content (AvgIpc) is 2.55. The molecular weight excluding hydrogens is 398 g/mol. The maximum Gasteiger partial charge on any atom is 0.425 e. The van der Waals surface area contributed by atoms with Gasteiger partial charge in [0.15, 0.2) is 0 Å². The first kappa shape index (κ1) is 22.4. The quantitative estimate of drug-likeness (QED) is 0.748. The fourth-order valence-corrected chi connectivity index (χ4v) is 3.69. The highest BCUT2D eigenvalue weighted by molar-refractivity contribution is 7.59. The molecule has 0 aliphatic carbocycles. The summed E-state index contributed by atoms with van der Waals surface area (Å²) in [6.07, 6.45) is 2.89. The largest absolute Gasteiger partial charge is 0.481 e. The van der Waals surface area contributed by atoms with Crippen LogP contribution in [0.3, 0.4) is 0 Å². The topological polar surface area (TPSA) is 122 Å². The molecule has 0 bridgehead atoms. The Hall–Kier alpha value is -2.94. The zero-order valence-electron chi connectivity index (χ0n) is 16.7. The Morgan fingerprint density at radius 3 is 2.38 bits per heavy atom. The summed E-state index contributed by atoms with van der Waals surface area (Å²) in [5.41, 5.74) is 4.11. The van der Waals surface area contributed by atoms with Gasteiger partial charge < -0.3 is 14.4 Å². The van der Waals surface area contributed by atoms with Crippen molar-refractivity contribution in [2.24, 2.45) is 0 Å². The van der Waals surface area contributed by atoms with Crippen molar-refractivity contribution in [2.45, 2.75) is 46.1 Å². The van der Waals surface area contributed by atoms with Gasteiger partial charge >= 0.3 is 22.2 Å². The first-order chi connectivity index (χ1) is 13.4. The van der Waals surface area contributed by atoms with Crippen molar-refractivity contribution < 1.29 is 26.9 Å². The monoisotopic (exact) mass is 421 g/mol. The molecule has 0 saturated carbocycles. The average molecular weight is 421 g/mol. The molecule has 0 unspecified atom stereocenters. The summed E-state index contributed by atoms with van der Waals surface area (Å²) >= 11 is 0. The van der Waals surface area contributed by atoms with Crippen LogP contribution in [-0.2, 0) is 15.4 Å². The van der Waals surface area contributed by atoms with Gasteiger partial charge in [0, 0.05) is 41.7 Å². The van der Waals surface area contributed by atoms with E-state index in [0.717, 1.165) is 22.2 Å². The third kappa shape index (κ3) is 5.32. The fourth-order valence-electron chi connectivity index (χ4n) is 3.69. The number of aliphatic carboxylic acids is 1. The summed E-state index contributed by atoms with van der Waals surface area (Å²) in [6, 6.07) is 5.48. The SMILES string of the molecule is CC1=CC(C)(C)N(CCCC(=O)O)c2cc3oc(=O)cc(C)c3cc21.O=S(=O)=O. The summed E-state index contributed by atoms with van der Waals surface area (Å²) in [7, 11) is -3.11. The van der Waals surface area contributed by atoms with Gasteiger partial charge in [0.2, 0.25) is 0 Å². The van der Waals surface area contributed by atoms with Crippen LogP contribution in [0.15, 0.2) is 33.5 Å². The molecule has 0 radical (unpaired) electrons. The first-order valence-corrected chi connectivity index (χ1v) is 9.97. The first-order valence-electron chi connectivity index (χ1n) is 8.97. The summed E-state index contributed by atoms with van der Waals surface area (Å²) in [4.78, 5) is 24.8. The van der Waals surface area contributed by atoms with Gasteiger partial charge in [0.1, 0.15) is 5.58 Å². The smallest absolute Gasteiger partial charge is 0.425 e. The number of carbonyl (C=O) groups is 1. The Morgan fingerprint density at radius 1 is 1.17 bits per heavy atom. The molecular formula is C20H23NO7S. The van der Waals surface area contributed by atoms with Gasteiger partial charge in [-0.2, -0.15) is 0 Å². The predicted molar refractivity (Wildman–Crippen MR) is 109 cm³/mol. The van der Waals surface area contributed by atoms with E-state index in [2.05, 4.69) is 37.8 Å². The number of carboxylic acid groups (broad SMARTS) is 1. The van der Waals surface area contributed by atoms with E-state index in [1.165, 1.54) is 11.6 Å². The lowest BCUT2D eigenvalue weighted by atomic mass is 9.87. The van der Waals surface area contributed by atoms with Gasteiger partial charge in [-0.1, -0.05) is 6.08 Å². The number of hydrogen-bond acceptors (Lipinski definition) is 7. The van der Waals surface area contributed by atoms with Crippen LogP contribution in [0.5, 0.6) is 0 Å². The molecule has 0 atom stereocenters. The van der Waals surface area contributed by atoms with Crippen LogP contribution in [0, 0.1) is 6.92 Å². The molecule has 8 nitrogen and oxygen atoms in total. The number of fused-ring (bicyclic) bond motifs is 2. The predicted octanol–water partition coefficient (Wildman–Crippen LogP) is 2.96. The molecule has 9 heteroatoms. The van der Waals surface area contributed by atoms with Crippen molar-refractivity contribution in [3.8, 4) is 0 Å².